The van der Waals surface area contributed by atoms with Crippen molar-refractivity contribution in [1.82, 2.24) is 0 Å². The maximum Gasteiger partial charge on any atom is -0.0353 e. The fraction of sp³-hybridized carbons (Fsp3) is 0.600. The van der Waals surface area contributed by atoms with E-state index in [2.05, 4.69) is 72.1 Å². The number of unbranched alkanes of at least 4 members (excludes halogenated alkanes) is 2. The molecule has 0 heterocycles. The zero-order valence-electron chi connectivity index (χ0n) is 15.1. The van der Waals surface area contributed by atoms with Gasteiger partial charge in [0.25, 0.3) is 0 Å². The van der Waals surface area contributed by atoms with Crippen molar-refractivity contribution in [2.45, 2.75) is 80.1 Å². The second kappa shape index (κ2) is 43.0. The van der Waals surface area contributed by atoms with Crippen LogP contribution in [0.1, 0.15) is 80.1 Å². The van der Waals surface area contributed by atoms with Crippen LogP contribution in [0.2, 0.25) is 0 Å². The molecule has 0 amide bonds. The molecule has 0 aromatic carbocycles. The number of rotatable bonds is 6. The molecule has 0 aliphatic heterocycles. The van der Waals surface area contributed by atoms with E-state index in [0.717, 1.165) is 19.3 Å². The van der Waals surface area contributed by atoms with Crippen LogP contribution < -0.4 is 0 Å². The normalized spacial score (nSPS) is 8.70. The highest BCUT2D eigenvalue weighted by Gasteiger charge is 1.64. The lowest BCUT2D eigenvalue weighted by Crippen LogP contribution is -1.55. The van der Waals surface area contributed by atoms with Gasteiger partial charge in [0.1, 0.15) is 0 Å². The van der Waals surface area contributed by atoms with E-state index in [4.69, 9.17) is 0 Å². The largest absolute Gasteiger partial charge is 0.103 e. The van der Waals surface area contributed by atoms with Crippen LogP contribution in [-0.2, 0) is 0 Å². The zero-order chi connectivity index (χ0) is 16.5. The molecule has 0 nitrogen and oxygen atoms in total. The van der Waals surface area contributed by atoms with Gasteiger partial charge in [-0.25, -0.2) is 0 Å². The first-order valence-electron chi connectivity index (χ1n) is 8.10. The van der Waals surface area contributed by atoms with Crippen LogP contribution in [0, 0.1) is 0 Å². The minimum Gasteiger partial charge on any atom is -0.103 e. The van der Waals surface area contributed by atoms with E-state index in [1.807, 2.05) is 19.1 Å². The van der Waals surface area contributed by atoms with Gasteiger partial charge in [-0.15, -0.1) is 13.2 Å². The van der Waals surface area contributed by atoms with Crippen molar-refractivity contribution in [1.29, 1.82) is 0 Å². The smallest absolute Gasteiger partial charge is 0.0353 e. The Morgan fingerprint density at radius 1 is 0.650 bits per heavy atom. The number of hydrogen-bond donors (Lipinski definition) is 0. The van der Waals surface area contributed by atoms with Gasteiger partial charge in [0.2, 0.25) is 0 Å². The molecule has 0 rings (SSSR count). The van der Waals surface area contributed by atoms with Crippen LogP contribution in [-0.4, -0.2) is 0 Å². The zero-order valence-corrected chi connectivity index (χ0v) is 15.1. The van der Waals surface area contributed by atoms with Crippen LogP contribution in [0.4, 0.5) is 0 Å². The highest BCUT2D eigenvalue weighted by Crippen LogP contribution is 1.85. The topological polar surface area (TPSA) is 0 Å². The lowest BCUT2D eigenvalue weighted by molar-refractivity contribution is 0.957. The van der Waals surface area contributed by atoms with Gasteiger partial charge in [0.05, 0.1) is 0 Å². The molecule has 0 fully saturated rings. The third-order valence-corrected chi connectivity index (χ3v) is 1.94. The Hall–Kier alpha value is -1.04. The standard InChI is InChI=1S/C6H12.2C5H10.C4H8/c1-3-5-6-4-2;2*1-3-5-4-2;1-3-4-2/h3,5H,4,6H2,1-2H3;3,5H,4H2,1-2H3;3H,1,4-5H2,2H3;3H,1,4H2,2H3/b2*5-3+;;. The average Bonchev–Trinajstić information content (AvgIpc) is 2.48. The molecule has 0 aliphatic carbocycles. The average molecular weight is 281 g/mol. The summed E-state index contributed by atoms with van der Waals surface area (Å²) in [6, 6.07) is 0. The van der Waals surface area contributed by atoms with Crippen LogP contribution in [0.3, 0.4) is 0 Å². The summed E-state index contributed by atoms with van der Waals surface area (Å²) in [4.78, 5) is 0. The Bertz CT molecular complexity index is 184. The quantitative estimate of drug-likeness (QED) is 0.434. The summed E-state index contributed by atoms with van der Waals surface area (Å²) >= 11 is 0. The first-order chi connectivity index (χ1) is 9.66. The summed E-state index contributed by atoms with van der Waals surface area (Å²) in [5.41, 5.74) is 0. The Kier molecular flexibility index (Phi) is 58.8. The van der Waals surface area contributed by atoms with Crippen molar-refractivity contribution in [2.75, 3.05) is 0 Å². The number of allylic oxidation sites excluding steroid dienone is 6. The third-order valence-electron chi connectivity index (χ3n) is 1.94. The molecule has 20 heavy (non-hydrogen) atoms. The summed E-state index contributed by atoms with van der Waals surface area (Å²) in [6.45, 7) is 19.6. The molecule has 0 aromatic heterocycles. The molecule has 0 spiro atoms. The summed E-state index contributed by atoms with van der Waals surface area (Å²) in [6.07, 6.45) is 19.4. The van der Waals surface area contributed by atoms with Crippen LogP contribution in [0.5, 0.6) is 0 Å². The SMILES string of the molecule is C/C=C/CC.C/C=C/CCC.C=CCC.C=CCCC. The molecule has 0 saturated carbocycles. The van der Waals surface area contributed by atoms with Gasteiger partial charge in [-0.2, -0.15) is 0 Å². The predicted molar refractivity (Wildman–Crippen MR) is 100 cm³/mol. The maximum atomic E-state index is 3.55. The van der Waals surface area contributed by atoms with E-state index in [0.29, 0.717) is 0 Å². The Morgan fingerprint density at radius 2 is 1.10 bits per heavy atom. The molecule has 0 heteroatoms. The van der Waals surface area contributed by atoms with E-state index in [1.165, 1.54) is 19.3 Å². The van der Waals surface area contributed by atoms with E-state index in [1.54, 1.807) is 0 Å². The lowest BCUT2D eigenvalue weighted by atomic mass is 10.3. The van der Waals surface area contributed by atoms with Gasteiger partial charge >= 0.3 is 0 Å². The Balaban J connectivity index is -0.0000000862. The summed E-state index contributed by atoms with van der Waals surface area (Å²) in [7, 11) is 0. The predicted octanol–water partition coefficient (Wildman–Crippen LogP) is 7.89. The van der Waals surface area contributed by atoms with Gasteiger partial charge in [-0.05, 0) is 39.5 Å². The third kappa shape index (κ3) is 89.2. The van der Waals surface area contributed by atoms with Crippen molar-refractivity contribution >= 4 is 0 Å². The van der Waals surface area contributed by atoms with Crippen molar-refractivity contribution in [3.8, 4) is 0 Å². The molecule has 0 atom stereocenters. The van der Waals surface area contributed by atoms with E-state index in [9.17, 15) is 0 Å². The Morgan fingerprint density at radius 3 is 1.15 bits per heavy atom. The van der Waals surface area contributed by atoms with Gasteiger partial charge < -0.3 is 0 Å². The minimum absolute atomic E-state index is 1.08. The maximum absolute atomic E-state index is 3.55. The molecule has 0 bridgehead atoms. The minimum atomic E-state index is 1.08. The first-order valence-corrected chi connectivity index (χ1v) is 8.10. The highest BCUT2D eigenvalue weighted by atomic mass is 13.7. The number of hydrogen-bond acceptors (Lipinski definition) is 0. The second-order valence-corrected chi connectivity index (χ2v) is 4.11. The second-order valence-electron chi connectivity index (χ2n) is 4.11. The van der Waals surface area contributed by atoms with E-state index in [-0.39, 0.29) is 0 Å². The first kappa shape index (κ1) is 27.3. The van der Waals surface area contributed by atoms with Crippen LogP contribution in [0.15, 0.2) is 49.6 Å². The molecule has 0 unspecified atom stereocenters. The van der Waals surface area contributed by atoms with Gasteiger partial charge in [-0.3, -0.25) is 0 Å². The summed E-state index contributed by atoms with van der Waals surface area (Å²) in [5, 5.41) is 0. The molecule has 120 valence electrons. The van der Waals surface area contributed by atoms with E-state index < -0.39 is 0 Å². The molecule has 0 aliphatic rings. The van der Waals surface area contributed by atoms with Gasteiger partial charge in [0, 0.05) is 0 Å². The lowest BCUT2D eigenvalue weighted by Gasteiger charge is -1.76. The van der Waals surface area contributed by atoms with Gasteiger partial charge in [0.15, 0.2) is 0 Å². The van der Waals surface area contributed by atoms with Crippen LogP contribution >= 0.6 is 0 Å². The molecule has 0 N–H and O–H groups in total. The molecule has 0 saturated heterocycles. The highest BCUT2D eigenvalue weighted by molar-refractivity contribution is 4.75. The van der Waals surface area contributed by atoms with Crippen LogP contribution in [0.25, 0.3) is 0 Å². The molecule has 0 aromatic rings. The van der Waals surface area contributed by atoms with Crippen molar-refractivity contribution in [3.63, 3.8) is 0 Å². The molecule has 0 radical (unpaired) electrons. The monoisotopic (exact) mass is 280 g/mol. The van der Waals surface area contributed by atoms with Gasteiger partial charge in [-0.1, -0.05) is 77.0 Å². The fourth-order valence-electron chi connectivity index (χ4n) is 0.773. The summed E-state index contributed by atoms with van der Waals surface area (Å²) < 4.78 is 0. The summed E-state index contributed by atoms with van der Waals surface area (Å²) in [5.74, 6) is 0. The van der Waals surface area contributed by atoms with E-state index >= 15 is 0 Å². The van der Waals surface area contributed by atoms with Crippen molar-refractivity contribution < 1.29 is 0 Å². The molecular weight excluding hydrogens is 240 g/mol. The van der Waals surface area contributed by atoms with Crippen molar-refractivity contribution in [2.24, 2.45) is 0 Å². The Labute approximate surface area is 130 Å². The fourth-order valence-corrected chi connectivity index (χ4v) is 0.773. The van der Waals surface area contributed by atoms with Crippen molar-refractivity contribution in [3.05, 3.63) is 49.6 Å². The molecular formula is C20H40.